The Hall–Kier alpha value is -1.59. The first-order valence-electron chi connectivity index (χ1n) is 9.30. The first kappa shape index (κ1) is 19.7. The van der Waals surface area contributed by atoms with Crippen LogP contribution in [0.25, 0.3) is 0 Å². The van der Waals surface area contributed by atoms with Gasteiger partial charge in [0.25, 0.3) is 0 Å². The highest BCUT2D eigenvalue weighted by Crippen LogP contribution is 2.24. The van der Waals surface area contributed by atoms with Crippen LogP contribution in [0, 0.1) is 6.92 Å². The minimum absolute atomic E-state index is 0.192. The van der Waals surface area contributed by atoms with Gasteiger partial charge in [-0.15, -0.1) is 0 Å². The fraction of sp³-hybridized carbons (Fsp3) is 0.650. The number of aryl methyl sites for hydroxylation is 1. The molecule has 5 nitrogen and oxygen atoms in total. The smallest absolute Gasteiger partial charge is 0.191 e. The number of hydrogen-bond donors (Lipinski definition) is 2. The molecule has 0 aliphatic carbocycles. The molecule has 2 rings (SSSR count). The average Bonchev–Trinajstić information content (AvgIpc) is 2.64. The topological polar surface area (TPSA) is 54.9 Å². The molecule has 0 spiro atoms. The van der Waals surface area contributed by atoms with Gasteiger partial charge in [-0.05, 0) is 25.3 Å². The monoisotopic (exact) mass is 347 g/mol. The molecule has 1 unspecified atom stereocenters. The fourth-order valence-corrected chi connectivity index (χ4v) is 3.08. The molecule has 1 aromatic rings. The van der Waals surface area contributed by atoms with Crippen LogP contribution in [0.5, 0.6) is 0 Å². The van der Waals surface area contributed by atoms with Gasteiger partial charge in [0.1, 0.15) is 0 Å². The predicted octanol–water partition coefficient (Wildman–Crippen LogP) is 2.85. The lowest BCUT2D eigenvalue weighted by Gasteiger charge is -2.34. The summed E-state index contributed by atoms with van der Waals surface area (Å²) in [6, 6.07) is 8.69. The number of hydrogen-bond acceptors (Lipinski definition) is 3. The summed E-state index contributed by atoms with van der Waals surface area (Å²) in [7, 11) is 1.78. The standard InChI is InChI=1S/C20H33N3O2/c1-5-21-19(23-15-20(24-4)9-11-25-12-10-20)22-14-17(3)18-8-6-7-16(2)13-18/h6-8,13,17H,5,9-12,14-15H2,1-4H3,(H2,21,22,23). The van der Waals surface area contributed by atoms with Crippen molar-refractivity contribution in [2.45, 2.75) is 45.1 Å². The minimum Gasteiger partial charge on any atom is -0.381 e. The van der Waals surface area contributed by atoms with Gasteiger partial charge in [-0.1, -0.05) is 36.8 Å². The summed E-state index contributed by atoms with van der Waals surface area (Å²) in [4.78, 5) is 4.78. The van der Waals surface area contributed by atoms with Crippen molar-refractivity contribution < 1.29 is 9.47 Å². The molecule has 1 aliphatic rings. The maximum atomic E-state index is 5.77. The maximum Gasteiger partial charge on any atom is 0.191 e. The van der Waals surface area contributed by atoms with Crippen molar-refractivity contribution in [3.05, 3.63) is 35.4 Å². The summed E-state index contributed by atoms with van der Waals surface area (Å²) in [5.74, 6) is 1.27. The molecular formula is C20H33N3O2. The number of rotatable bonds is 7. The van der Waals surface area contributed by atoms with Crippen molar-refractivity contribution >= 4 is 5.96 Å². The van der Waals surface area contributed by atoms with Gasteiger partial charge in [-0.25, -0.2) is 0 Å². The van der Waals surface area contributed by atoms with Crippen LogP contribution in [-0.2, 0) is 9.47 Å². The lowest BCUT2D eigenvalue weighted by Crippen LogP contribution is -2.44. The molecule has 2 N–H and O–H groups in total. The Morgan fingerprint density at radius 3 is 2.72 bits per heavy atom. The summed E-state index contributed by atoms with van der Waals surface area (Å²) >= 11 is 0. The van der Waals surface area contributed by atoms with Crippen LogP contribution in [-0.4, -0.2) is 51.5 Å². The molecule has 1 atom stereocenters. The molecule has 0 bridgehead atoms. The number of nitrogens with one attached hydrogen (secondary N) is 2. The molecule has 0 amide bonds. The lowest BCUT2D eigenvalue weighted by molar-refractivity contribution is -0.0828. The van der Waals surface area contributed by atoms with Gasteiger partial charge in [-0.2, -0.15) is 0 Å². The molecule has 140 valence electrons. The number of methoxy groups -OCH3 is 1. The molecule has 0 saturated carbocycles. The normalized spacial score (nSPS) is 18.6. The third-order valence-corrected chi connectivity index (χ3v) is 4.89. The average molecular weight is 348 g/mol. The van der Waals surface area contributed by atoms with E-state index in [0.29, 0.717) is 12.5 Å². The highest BCUT2D eigenvalue weighted by molar-refractivity contribution is 5.79. The third kappa shape index (κ3) is 6.01. The zero-order valence-electron chi connectivity index (χ0n) is 16.1. The molecule has 1 heterocycles. The molecule has 1 aromatic carbocycles. The van der Waals surface area contributed by atoms with Gasteiger partial charge in [0.15, 0.2) is 5.96 Å². The molecule has 5 heteroatoms. The molecule has 25 heavy (non-hydrogen) atoms. The van der Waals surface area contributed by atoms with E-state index in [2.05, 4.69) is 55.7 Å². The Morgan fingerprint density at radius 1 is 1.32 bits per heavy atom. The Morgan fingerprint density at radius 2 is 2.08 bits per heavy atom. The second-order valence-electron chi connectivity index (χ2n) is 6.89. The van der Waals surface area contributed by atoms with Gasteiger partial charge in [0.05, 0.1) is 12.1 Å². The van der Waals surface area contributed by atoms with Gasteiger partial charge in [0.2, 0.25) is 0 Å². The number of ether oxygens (including phenoxy) is 2. The van der Waals surface area contributed by atoms with Gasteiger partial charge in [-0.3, -0.25) is 4.99 Å². The van der Waals surface area contributed by atoms with Crippen LogP contribution in [0.3, 0.4) is 0 Å². The molecule has 0 aromatic heterocycles. The third-order valence-electron chi connectivity index (χ3n) is 4.89. The zero-order chi connectivity index (χ0) is 18.1. The molecule has 1 aliphatic heterocycles. The van der Waals surface area contributed by atoms with Crippen molar-refractivity contribution in [1.82, 2.24) is 10.6 Å². The van der Waals surface area contributed by atoms with E-state index in [0.717, 1.165) is 45.1 Å². The summed E-state index contributed by atoms with van der Waals surface area (Å²) in [6.07, 6.45) is 1.79. The highest BCUT2D eigenvalue weighted by Gasteiger charge is 2.32. The summed E-state index contributed by atoms with van der Waals surface area (Å²) in [6.45, 7) is 10.3. The second kappa shape index (κ2) is 9.78. The largest absolute Gasteiger partial charge is 0.381 e. The van der Waals surface area contributed by atoms with E-state index >= 15 is 0 Å². The Bertz CT molecular complexity index is 554. The quantitative estimate of drug-likeness (QED) is 0.588. The maximum absolute atomic E-state index is 5.77. The van der Waals surface area contributed by atoms with Crippen molar-refractivity contribution in [2.75, 3.05) is 40.0 Å². The van der Waals surface area contributed by atoms with Crippen LogP contribution < -0.4 is 10.6 Å². The minimum atomic E-state index is -0.192. The Labute approximate surface area is 152 Å². The number of guanidine groups is 1. The first-order valence-corrected chi connectivity index (χ1v) is 9.30. The van der Waals surface area contributed by atoms with E-state index in [4.69, 9.17) is 14.5 Å². The van der Waals surface area contributed by atoms with E-state index in [9.17, 15) is 0 Å². The van der Waals surface area contributed by atoms with Crippen molar-refractivity contribution in [1.29, 1.82) is 0 Å². The Balaban J connectivity index is 1.95. The van der Waals surface area contributed by atoms with Gasteiger partial charge < -0.3 is 20.1 Å². The van der Waals surface area contributed by atoms with Gasteiger partial charge >= 0.3 is 0 Å². The number of nitrogens with zero attached hydrogens (tertiary/aromatic N) is 1. The predicted molar refractivity (Wildman–Crippen MR) is 103 cm³/mol. The molecular weight excluding hydrogens is 314 g/mol. The lowest BCUT2D eigenvalue weighted by atomic mass is 9.94. The fourth-order valence-electron chi connectivity index (χ4n) is 3.08. The summed E-state index contributed by atoms with van der Waals surface area (Å²) in [5.41, 5.74) is 2.45. The van der Waals surface area contributed by atoms with Crippen LogP contribution in [0.4, 0.5) is 0 Å². The van der Waals surface area contributed by atoms with Crippen LogP contribution in [0.2, 0.25) is 0 Å². The first-order chi connectivity index (χ1) is 12.1. The summed E-state index contributed by atoms with van der Waals surface area (Å²) < 4.78 is 11.2. The van der Waals surface area contributed by atoms with E-state index in [1.165, 1.54) is 11.1 Å². The Kier molecular flexibility index (Phi) is 7.72. The van der Waals surface area contributed by atoms with Crippen molar-refractivity contribution in [3.8, 4) is 0 Å². The van der Waals surface area contributed by atoms with Crippen molar-refractivity contribution in [2.24, 2.45) is 4.99 Å². The highest BCUT2D eigenvalue weighted by atomic mass is 16.5. The number of benzene rings is 1. The van der Waals surface area contributed by atoms with Crippen LogP contribution in [0.1, 0.15) is 43.7 Å². The van der Waals surface area contributed by atoms with E-state index in [1.807, 2.05) is 0 Å². The van der Waals surface area contributed by atoms with E-state index in [-0.39, 0.29) is 5.60 Å². The van der Waals surface area contributed by atoms with E-state index in [1.54, 1.807) is 7.11 Å². The van der Waals surface area contributed by atoms with E-state index < -0.39 is 0 Å². The molecule has 1 fully saturated rings. The SMILES string of the molecule is CCNC(=NCC1(OC)CCOCC1)NCC(C)c1cccc(C)c1. The summed E-state index contributed by atoms with van der Waals surface area (Å²) in [5, 5.41) is 6.81. The van der Waals surface area contributed by atoms with Crippen LogP contribution in [0.15, 0.2) is 29.3 Å². The molecule has 1 saturated heterocycles. The second-order valence-corrected chi connectivity index (χ2v) is 6.89. The molecule has 0 radical (unpaired) electrons. The van der Waals surface area contributed by atoms with Crippen LogP contribution >= 0.6 is 0 Å². The number of aliphatic imine (C=N–C) groups is 1. The van der Waals surface area contributed by atoms with Gasteiger partial charge in [0, 0.05) is 46.3 Å². The van der Waals surface area contributed by atoms with Crippen molar-refractivity contribution in [3.63, 3.8) is 0 Å². The zero-order valence-corrected chi connectivity index (χ0v) is 16.1.